The van der Waals surface area contributed by atoms with Crippen molar-refractivity contribution in [3.05, 3.63) is 102 Å². The third kappa shape index (κ3) is 6.01. The second kappa shape index (κ2) is 12.9. The molecule has 202 valence electrons. The normalized spacial score (nSPS) is 10.1. The van der Waals surface area contributed by atoms with Crippen LogP contribution in [0.25, 0.3) is 0 Å². The number of urea groups is 1. The molecule has 4 rings (SSSR count). The van der Waals surface area contributed by atoms with Gasteiger partial charge in [-0.05, 0) is 48.5 Å². The molecule has 0 saturated carbocycles. The number of hydrogen-bond donors (Lipinski definition) is 0. The second-order valence-electron chi connectivity index (χ2n) is 8.51. The van der Waals surface area contributed by atoms with Gasteiger partial charge in [-0.1, -0.05) is 12.1 Å². The van der Waals surface area contributed by atoms with E-state index < -0.39 is 6.03 Å². The summed E-state index contributed by atoms with van der Waals surface area (Å²) in [6.45, 7) is 0.324. The zero-order valence-corrected chi connectivity index (χ0v) is 22.7. The van der Waals surface area contributed by atoms with Crippen LogP contribution in [0.2, 0.25) is 0 Å². The van der Waals surface area contributed by atoms with Crippen molar-refractivity contribution in [1.29, 1.82) is 5.26 Å². The molecule has 0 bridgehead atoms. The highest BCUT2D eigenvalue weighted by atomic mass is 16.5. The molecule has 1 aromatic heterocycles. The van der Waals surface area contributed by atoms with Gasteiger partial charge >= 0.3 is 6.03 Å². The van der Waals surface area contributed by atoms with E-state index in [0.717, 1.165) is 11.1 Å². The fourth-order valence-electron chi connectivity index (χ4n) is 4.17. The zero-order chi connectivity index (χ0) is 28.5. The third-order valence-electron chi connectivity index (χ3n) is 6.19. The number of anilines is 2. The first kappa shape index (κ1) is 27.6. The molecule has 2 amide bonds. The van der Waals surface area contributed by atoms with Crippen LogP contribution in [-0.2, 0) is 13.1 Å². The average molecular weight is 537 g/mol. The summed E-state index contributed by atoms with van der Waals surface area (Å²) in [5, 5.41) is 9.83. The van der Waals surface area contributed by atoms with E-state index in [2.05, 4.69) is 23.2 Å². The number of nitrogens with zero attached hydrogens (tertiary/aromatic N) is 4. The van der Waals surface area contributed by atoms with Crippen LogP contribution < -0.4 is 23.8 Å². The van der Waals surface area contributed by atoms with Crippen LogP contribution in [0.5, 0.6) is 23.0 Å². The van der Waals surface area contributed by atoms with E-state index >= 15 is 0 Å². The summed E-state index contributed by atoms with van der Waals surface area (Å²) in [6.07, 6.45) is 1.54. The van der Waals surface area contributed by atoms with Gasteiger partial charge in [-0.3, -0.25) is 0 Å². The van der Waals surface area contributed by atoms with Crippen LogP contribution >= 0.6 is 0 Å². The molecular formula is C31H28N4O5. The van der Waals surface area contributed by atoms with Crippen LogP contribution in [0.1, 0.15) is 16.7 Å². The second-order valence-corrected chi connectivity index (χ2v) is 8.51. The van der Waals surface area contributed by atoms with Crippen LogP contribution in [0, 0.1) is 23.5 Å². The van der Waals surface area contributed by atoms with E-state index in [1.807, 2.05) is 12.1 Å². The van der Waals surface area contributed by atoms with E-state index in [0.29, 0.717) is 28.7 Å². The van der Waals surface area contributed by atoms with Crippen molar-refractivity contribution in [1.82, 2.24) is 9.88 Å². The molecule has 0 unspecified atom stereocenters. The molecule has 3 aromatic carbocycles. The number of amides is 2. The molecule has 40 heavy (non-hydrogen) atoms. The Morgan fingerprint density at radius 3 is 2.00 bits per heavy atom. The lowest BCUT2D eigenvalue weighted by Gasteiger charge is -2.31. The molecule has 1 heterocycles. The summed E-state index contributed by atoms with van der Waals surface area (Å²) >= 11 is 0. The monoisotopic (exact) mass is 536 g/mol. The third-order valence-corrected chi connectivity index (χ3v) is 6.19. The van der Waals surface area contributed by atoms with Crippen molar-refractivity contribution in [2.75, 3.05) is 33.3 Å². The quantitative estimate of drug-likeness (QED) is 0.262. The summed E-state index contributed by atoms with van der Waals surface area (Å²) in [5.74, 6) is 2.57. The molecule has 0 radical (unpaired) electrons. The SMILES string of the molecule is COc1ccc(CN(Cc2ccc(OC)cc2OC)C(=O)N(c2cc#ccc2)c2ncccc2C#N)c(OC)c1. The first-order chi connectivity index (χ1) is 19.5. The standard InChI is InChI=1S/C31H28N4O5/c1-37-26-14-12-23(28(17-26)39-3)20-34(21-24-13-15-27(38-2)18-29(24)40-4)31(36)35(25-10-6-5-7-11-25)30-22(19-32)9-8-16-33-30/h6,8-18H,20-21H2,1-4H3. The first-order valence-electron chi connectivity index (χ1n) is 12.3. The Labute approximate surface area is 233 Å². The van der Waals surface area contributed by atoms with Crippen LogP contribution in [-0.4, -0.2) is 44.4 Å². The molecule has 4 aromatic rings. The Hall–Kier alpha value is -5.41. The van der Waals surface area contributed by atoms with Gasteiger partial charge in [0.25, 0.3) is 0 Å². The van der Waals surface area contributed by atoms with E-state index in [1.165, 1.54) is 4.90 Å². The molecule has 0 saturated heterocycles. The Morgan fingerprint density at radius 2 is 1.50 bits per heavy atom. The van der Waals surface area contributed by atoms with Crippen molar-refractivity contribution in [2.45, 2.75) is 13.1 Å². The lowest BCUT2D eigenvalue weighted by Crippen LogP contribution is -2.41. The number of aromatic nitrogens is 1. The summed E-state index contributed by atoms with van der Waals surface area (Å²) in [7, 11) is 6.28. The molecule has 0 aliphatic rings. The Balaban J connectivity index is 1.84. The number of nitriles is 1. The molecular weight excluding hydrogens is 508 g/mol. The van der Waals surface area contributed by atoms with E-state index in [-0.39, 0.29) is 24.5 Å². The van der Waals surface area contributed by atoms with Crippen molar-refractivity contribution < 1.29 is 23.7 Å². The Kier molecular flexibility index (Phi) is 8.91. The predicted molar refractivity (Wildman–Crippen MR) is 149 cm³/mol. The average Bonchev–Trinajstić information content (AvgIpc) is 3.01. The predicted octanol–water partition coefficient (Wildman–Crippen LogP) is 5.55. The number of benzene rings is 2. The number of carbonyl (C=O) groups excluding carboxylic acids is 1. The van der Waals surface area contributed by atoms with Crippen LogP contribution in [0.3, 0.4) is 0 Å². The summed E-state index contributed by atoms with van der Waals surface area (Å²) < 4.78 is 21.9. The Morgan fingerprint density at radius 1 is 0.875 bits per heavy atom. The number of pyridine rings is 1. The number of ether oxygens (including phenoxy) is 4. The summed E-state index contributed by atoms with van der Waals surface area (Å²) in [4.78, 5) is 21.9. The molecule has 0 fully saturated rings. The summed E-state index contributed by atoms with van der Waals surface area (Å²) in [5.41, 5.74) is 2.22. The largest absolute Gasteiger partial charge is 0.497 e. The van der Waals surface area contributed by atoms with E-state index in [4.69, 9.17) is 18.9 Å². The van der Waals surface area contributed by atoms with Gasteiger partial charge in [-0.25, -0.2) is 14.7 Å². The van der Waals surface area contributed by atoms with Gasteiger partial charge in [-0.2, -0.15) is 5.26 Å². The number of carbonyl (C=O) groups is 1. The van der Waals surface area contributed by atoms with E-state index in [9.17, 15) is 10.1 Å². The number of hydrogen-bond acceptors (Lipinski definition) is 7. The van der Waals surface area contributed by atoms with Crippen LogP contribution in [0.15, 0.2) is 72.9 Å². The maximum atomic E-state index is 14.5. The molecule has 0 aliphatic carbocycles. The highest BCUT2D eigenvalue weighted by Gasteiger charge is 2.29. The lowest BCUT2D eigenvalue weighted by atomic mass is 10.1. The van der Waals surface area contributed by atoms with Crippen molar-refractivity contribution in [3.63, 3.8) is 0 Å². The minimum absolute atomic E-state index is 0.162. The fraction of sp³-hybridized carbons (Fsp3) is 0.194. The summed E-state index contributed by atoms with van der Waals surface area (Å²) in [6, 6.07) is 26.5. The minimum atomic E-state index is -0.425. The van der Waals surface area contributed by atoms with Gasteiger partial charge in [0, 0.05) is 35.5 Å². The molecule has 0 spiro atoms. The molecule has 0 aliphatic heterocycles. The van der Waals surface area contributed by atoms with Gasteiger partial charge in [0.1, 0.15) is 29.1 Å². The maximum Gasteiger partial charge on any atom is 0.330 e. The Bertz CT molecular complexity index is 1450. The van der Waals surface area contributed by atoms with Gasteiger partial charge < -0.3 is 23.8 Å². The molecule has 9 heteroatoms. The van der Waals surface area contributed by atoms with Crippen LogP contribution in [0.4, 0.5) is 16.3 Å². The van der Waals surface area contributed by atoms with Gasteiger partial charge in [0.05, 0.1) is 52.8 Å². The molecule has 0 atom stereocenters. The topological polar surface area (TPSA) is 97.1 Å². The lowest BCUT2D eigenvalue weighted by molar-refractivity contribution is 0.200. The smallest absolute Gasteiger partial charge is 0.330 e. The minimum Gasteiger partial charge on any atom is -0.497 e. The zero-order valence-electron chi connectivity index (χ0n) is 22.7. The number of rotatable bonds is 10. The van der Waals surface area contributed by atoms with Gasteiger partial charge in [-0.15, -0.1) is 0 Å². The van der Waals surface area contributed by atoms with Crippen molar-refractivity contribution >= 4 is 17.5 Å². The first-order valence-corrected chi connectivity index (χ1v) is 12.3. The maximum absolute atomic E-state index is 14.5. The van der Waals surface area contributed by atoms with E-state index in [1.54, 1.807) is 94.1 Å². The molecule has 0 N–H and O–H groups in total. The van der Waals surface area contributed by atoms with Gasteiger partial charge in [0.2, 0.25) is 0 Å². The van der Waals surface area contributed by atoms with Gasteiger partial charge in [0.15, 0.2) is 5.82 Å². The molecule has 9 nitrogen and oxygen atoms in total. The van der Waals surface area contributed by atoms with Crippen molar-refractivity contribution in [2.24, 2.45) is 0 Å². The fourth-order valence-corrected chi connectivity index (χ4v) is 4.17. The number of methoxy groups -OCH3 is 4. The van der Waals surface area contributed by atoms with Crippen molar-refractivity contribution in [3.8, 4) is 29.1 Å². The highest BCUT2D eigenvalue weighted by molar-refractivity contribution is 5.99. The highest BCUT2D eigenvalue weighted by Crippen LogP contribution is 2.32.